The highest BCUT2D eigenvalue weighted by molar-refractivity contribution is 6.36. The van der Waals surface area contributed by atoms with E-state index in [0.29, 0.717) is 45.1 Å². The lowest BCUT2D eigenvalue weighted by Gasteiger charge is -2.59. The van der Waals surface area contributed by atoms with Gasteiger partial charge in [-0.3, -0.25) is 14.8 Å². The molecule has 2 aromatic carbocycles. The van der Waals surface area contributed by atoms with Crippen molar-refractivity contribution in [1.82, 2.24) is 9.55 Å². The van der Waals surface area contributed by atoms with E-state index in [0.717, 1.165) is 41.5 Å². The number of pyridine rings is 2. The summed E-state index contributed by atoms with van der Waals surface area (Å²) in [6.07, 6.45) is 8.39. The molecule has 0 saturated heterocycles. The molecule has 3 aliphatic carbocycles. The topological polar surface area (TPSA) is 133 Å². The van der Waals surface area contributed by atoms with Gasteiger partial charge in [-0.15, -0.1) is 0 Å². The van der Waals surface area contributed by atoms with E-state index in [1.807, 2.05) is 30.3 Å². The maximum absolute atomic E-state index is 13.0. The van der Waals surface area contributed by atoms with Crippen LogP contribution in [0, 0.1) is 22.7 Å². The van der Waals surface area contributed by atoms with Crippen molar-refractivity contribution in [3.05, 3.63) is 75.3 Å². The summed E-state index contributed by atoms with van der Waals surface area (Å²) in [6, 6.07) is 13.0. The molecule has 9 nitrogen and oxygen atoms in total. The molecular formula is C33H35ClN8O. The maximum atomic E-state index is 13.0. The number of nitrogens with two attached hydrogens (primary N) is 1. The lowest BCUT2D eigenvalue weighted by atomic mass is 9.50. The van der Waals surface area contributed by atoms with Gasteiger partial charge in [-0.25, -0.2) is 0 Å². The third-order valence-corrected chi connectivity index (χ3v) is 8.83. The summed E-state index contributed by atoms with van der Waals surface area (Å²) < 4.78 is 1.56. The van der Waals surface area contributed by atoms with E-state index in [9.17, 15) is 10.1 Å². The zero-order valence-electron chi connectivity index (χ0n) is 24.8. The minimum atomic E-state index is -0.552. The van der Waals surface area contributed by atoms with Crippen LogP contribution in [0.5, 0.6) is 0 Å². The minimum absolute atomic E-state index is 0.000893. The lowest BCUT2D eigenvalue weighted by molar-refractivity contribution is -0.0140. The van der Waals surface area contributed by atoms with E-state index in [-0.39, 0.29) is 16.5 Å². The number of nitrogens with zero attached hydrogens (tertiary/aromatic N) is 5. The molecule has 0 aliphatic heterocycles. The highest BCUT2D eigenvalue weighted by Gasteiger charge is 2.56. The number of hydrogen-bond donors (Lipinski definition) is 3. The predicted octanol–water partition coefficient (Wildman–Crippen LogP) is 6.16. The number of rotatable bonds is 8. The Bertz CT molecular complexity index is 1900. The molecule has 3 fully saturated rings. The predicted molar refractivity (Wildman–Crippen MR) is 175 cm³/mol. The smallest absolute Gasteiger partial charge is 0.258 e. The van der Waals surface area contributed by atoms with Gasteiger partial charge >= 0.3 is 0 Å². The highest BCUT2D eigenvalue weighted by Crippen LogP contribution is 2.59. The van der Waals surface area contributed by atoms with Crippen molar-refractivity contribution in [3.63, 3.8) is 0 Å². The van der Waals surface area contributed by atoms with Gasteiger partial charge in [-0.1, -0.05) is 44.5 Å². The largest absolute Gasteiger partial charge is 0.383 e. The van der Waals surface area contributed by atoms with Crippen LogP contribution in [0.25, 0.3) is 21.7 Å². The monoisotopic (exact) mass is 594 g/mol. The summed E-state index contributed by atoms with van der Waals surface area (Å²) in [7, 11) is 1.74. The molecule has 3 aliphatic rings. The molecule has 0 amide bonds. The number of fused-ring (bicyclic) bond motifs is 2. The van der Waals surface area contributed by atoms with E-state index >= 15 is 0 Å². The van der Waals surface area contributed by atoms with Gasteiger partial charge in [-0.05, 0) is 65.8 Å². The van der Waals surface area contributed by atoms with Crippen LogP contribution in [0.4, 0.5) is 11.4 Å². The Balaban J connectivity index is 1.48. The van der Waals surface area contributed by atoms with Crippen molar-refractivity contribution in [2.24, 2.45) is 34.3 Å². The molecule has 7 rings (SSSR count). The van der Waals surface area contributed by atoms with Gasteiger partial charge in [0.15, 0.2) is 0 Å². The van der Waals surface area contributed by atoms with Gasteiger partial charge in [-0.2, -0.15) is 10.4 Å². The fraction of sp³-hybridized carbons (Fsp3) is 0.364. The first-order valence-corrected chi connectivity index (χ1v) is 14.8. The molecule has 0 radical (unpaired) electrons. The number of nitrogens with one attached hydrogen (secondary N) is 2. The zero-order valence-corrected chi connectivity index (χ0v) is 25.5. The van der Waals surface area contributed by atoms with Gasteiger partial charge in [0.25, 0.3) is 5.56 Å². The molecule has 4 N–H and O–H groups in total. The fourth-order valence-corrected chi connectivity index (χ4v) is 6.35. The van der Waals surface area contributed by atoms with Crippen LogP contribution in [0.15, 0.2) is 63.7 Å². The standard InChI is InChI=1S/C33H35ClN8O/c1-32(2,3)18-38-28-20(15-35)16-37-29-25(28)10-21(11-26(29)34)40-30(27(41-36)17-39-33-12-19(13-33)14-33)23-6-5-7-24-22(23)8-9-42(4)31(24)43/h5-11,16-17,19,30,40H,12-14,18,36H2,1-4H3,(H,37,38)/t19?,30-,33?/m0/s1. The molecule has 10 heteroatoms. The van der Waals surface area contributed by atoms with Crippen LogP contribution < -0.4 is 22.0 Å². The number of aliphatic imine (C=N–C) groups is 1. The summed E-state index contributed by atoms with van der Waals surface area (Å²) in [5.74, 6) is 6.82. The summed E-state index contributed by atoms with van der Waals surface area (Å²) >= 11 is 6.81. The Hall–Kier alpha value is -4.42. The normalized spacial score (nSPS) is 20.5. The van der Waals surface area contributed by atoms with Crippen LogP contribution in [0.1, 0.15) is 57.2 Å². The van der Waals surface area contributed by atoms with Crippen molar-refractivity contribution in [2.45, 2.75) is 51.6 Å². The Kier molecular flexibility index (Phi) is 7.13. The third-order valence-electron chi connectivity index (χ3n) is 8.54. The molecule has 4 aromatic rings. The van der Waals surface area contributed by atoms with E-state index in [1.54, 1.807) is 36.3 Å². The average Bonchev–Trinajstić information content (AvgIpc) is 2.92. The fourth-order valence-electron chi connectivity index (χ4n) is 6.08. The summed E-state index contributed by atoms with van der Waals surface area (Å²) in [5, 5.41) is 23.7. The lowest BCUT2D eigenvalue weighted by Crippen LogP contribution is -2.56. The minimum Gasteiger partial charge on any atom is -0.383 e. The number of aromatic nitrogens is 2. The Labute approximate surface area is 255 Å². The molecule has 2 bridgehead atoms. The van der Waals surface area contributed by atoms with Crippen LogP contribution >= 0.6 is 11.6 Å². The molecule has 43 heavy (non-hydrogen) atoms. The second kappa shape index (κ2) is 10.7. The van der Waals surface area contributed by atoms with Gasteiger partial charge in [0.2, 0.25) is 0 Å². The summed E-state index contributed by atoms with van der Waals surface area (Å²) in [4.78, 5) is 22.5. The number of hydrogen-bond acceptors (Lipinski definition) is 8. The number of benzene rings is 2. The van der Waals surface area contributed by atoms with Crippen molar-refractivity contribution >= 4 is 56.6 Å². The van der Waals surface area contributed by atoms with E-state index in [2.05, 4.69) is 47.6 Å². The van der Waals surface area contributed by atoms with Gasteiger partial charge in [0.1, 0.15) is 11.8 Å². The molecule has 3 saturated carbocycles. The quantitative estimate of drug-likeness (QED) is 0.127. The zero-order chi connectivity index (χ0) is 30.5. The number of halogens is 1. The molecule has 2 heterocycles. The first-order valence-electron chi connectivity index (χ1n) is 14.4. The second-order valence-electron chi connectivity index (χ2n) is 13.1. The third kappa shape index (κ3) is 5.32. The number of aryl methyl sites for hydroxylation is 1. The van der Waals surface area contributed by atoms with Gasteiger partial charge in [0.05, 0.1) is 33.4 Å². The molecule has 1 atom stereocenters. The number of nitriles is 1. The molecular weight excluding hydrogens is 560 g/mol. The molecule has 2 aromatic heterocycles. The van der Waals surface area contributed by atoms with Crippen LogP contribution in [0.3, 0.4) is 0 Å². The van der Waals surface area contributed by atoms with Crippen molar-refractivity contribution in [1.29, 1.82) is 5.26 Å². The molecule has 0 spiro atoms. The maximum Gasteiger partial charge on any atom is 0.258 e. The van der Waals surface area contributed by atoms with Gasteiger partial charge in [0, 0.05) is 48.7 Å². The second-order valence-corrected chi connectivity index (χ2v) is 13.5. The van der Waals surface area contributed by atoms with Crippen LogP contribution in [-0.2, 0) is 7.05 Å². The summed E-state index contributed by atoms with van der Waals surface area (Å²) in [6.45, 7) is 7.02. The van der Waals surface area contributed by atoms with Crippen LogP contribution in [-0.4, -0.2) is 33.6 Å². The van der Waals surface area contributed by atoms with E-state index < -0.39 is 6.04 Å². The van der Waals surface area contributed by atoms with Crippen LogP contribution in [0.2, 0.25) is 5.02 Å². The Morgan fingerprint density at radius 1 is 1.26 bits per heavy atom. The number of anilines is 2. The molecule has 220 valence electrons. The first kappa shape index (κ1) is 28.7. The first-order chi connectivity index (χ1) is 20.5. The Morgan fingerprint density at radius 3 is 2.67 bits per heavy atom. The molecule has 0 unspecified atom stereocenters. The SMILES string of the molecule is Cn1ccc2c([C@H](Nc3cc(Cl)c4ncc(C#N)c(NCC(C)(C)C)c4c3)C(C=NC34CC(C3)C4)=NN)cccc2c1=O. The van der Waals surface area contributed by atoms with Gasteiger partial charge < -0.3 is 21.0 Å². The highest BCUT2D eigenvalue weighted by atomic mass is 35.5. The van der Waals surface area contributed by atoms with Crippen molar-refractivity contribution in [3.8, 4) is 6.07 Å². The average molecular weight is 595 g/mol. The van der Waals surface area contributed by atoms with E-state index in [4.69, 9.17) is 22.4 Å². The van der Waals surface area contributed by atoms with Crippen molar-refractivity contribution in [2.75, 3.05) is 17.2 Å². The number of hydrazone groups is 1. The van der Waals surface area contributed by atoms with Crippen molar-refractivity contribution < 1.29 is 0 Å². The van der Waals surface area contributed by atoms with E-state index in [1.165, 1.54) is 0 Å². The summed E-state index contributed by atoms with van der Waals surface area (Å²) in [5.41, 5.74) is 3.62. The Morgan fingerprint density at radius 2 is 2.02 bits per heavy atom.